The molecule has 7 heteroatoms. The van der Waals surface area contributed by atoms with E-state index in [1.165, 1.54) is 12.5 Å². The van der Waals surface area contributed by atoms with Gasteiger partial charge in [0, 0.05) is 37.9 Å². The van der Waals surface area contributed by atoms with Crippen molar-refractivity contribution in [1.82, 2.24) is 4.90 Å². The van der Waals surface area contributed by atoms with Crippen molar-refractivity contribution in [1.29, 1.82) is 0 Å². The van der Waals surface area contributed by atoms with Gasteiger partial charge in [-0.2, -0.15) is 0 Å². The minimum absolute atomic E-state index is 0. The van der Waals surface area contributed by atoms with Crippen LogP contribution in [0, 0.1) is 0 Å². The Morgan fingerprint density at radius 2 is 1.84 bits per heavy atom. The molecular weight excluding hydrogens is 426 g/mol. The lowest BCUT2D eigenvalue weighted by molar-refractivity contribution is -0.161. The van der Waals surface area contributed by atoms with Crippen LogP contribution < -0.4 is 10.2 Å². The van der Waals surface area contributed by atoms with E-state index in [1.807, 2.05) is 60.4 Å². The Morgan fingerprint density at radius 3 is 2.53 bits per heavy atom. The van der Waals surface area contributed by atoms with Crippen molar-refractivity contribution in [2.24, 2.45) is 0 Å². The standard InChI is InChI=1S/C25H31N3O3.ClH/c1-19-24(30)28(23-9-4-3-5-10-23)18-25(31-19)12-15-27(16-13-25)14-11-21-7-6-8-22(17-21)26-20(2)29;/h3-10,17,19H,11-16,18H2,1-2H3,(H,26,29);1H/t19-;/m0./s1. The van der Waals surface area contributed by atoms with E-state index in [0.29, 0.717) is 6.54 Å². The van der Waals surface area contributed by atoms with E-state index in [2.05, 4.69) is 16.3 Å². The molecule has 2 amide bonds. The van der Waals surface area contributed by atoms with Gasteiger partial charge in [-0.05, 0) is 56.0 Å². The minimum atomic E-state index is -0.419. The van der Waals surface area contributed by atoms with Crippen LogP contribution in [0.5, 0.6) is 0 Å². The zero-order valence-corrected chi connectivity index (χ0v) is 19.6. The molecule has 32 heavy (non-hydrogen) atoms. The summed E-state index contributed by atoms with van der Waals surface area (Å²) in [6.07, 6.45) is 2.35. The predicted molar refractivity (Wildman–Crippen MR) is 129 cm³/mol. The van der Waals surface area contributed by atoms with Crippen LogP contribution >= 0.6 is 12.4 Å². The first kappa shape index (κ1) is 24.2. The fourth-order valence-electron chi connectivity index (χ4n) is 4.63. The van der Waals surface area contributed by atoms with Gasteiger partial charge < -0.3 is 19.9 Å². The van der Waals surface area contributed by atoms with Gasteiger partial charge in [-0.15, -0.1) is 12.4 Å². The van der Waals surface area contributed by atoms with Crippen LogP contribution in [0.3, 0.4) is 0 Å². The van der Waals surface area contributed by atoms with Gasteiger partial charge in [0.1, 0.15) is 6.10 Å². The Hall–Kier alpha value is -2.41. The maximum atomic E-state index is 12.7. The third-order valence-electron chi connectivity index (χ3n) is 6.29. The molecule has 0 unspecified atom stereocenters. The monoisotopic (exact) mass is 457 g/mol. The fraction of sp³-hybridized carbons (Fsp3) is 0.440. The molecule has 0 radical (unpaired) electrons. The van der Waals surface area contributed by atoms with Crippen LogP contribution in [0.15, 0.2) is 54.6 Å². The molecule has 6 nitrogen and oxygen atoms in total. The van der Waals surface area contributed by atoms with E-state index < -0.39 is 6.10 Å². The number of ether oxygens (including phenoxy) is 1. The summed E-state index contributed by atoms with van der Waals surface area (Å²) in [5, 5.41) is 2.85. The molecule has 4 rings (SSSR count). The summed E-state index contributed by atoms with van der Waals surface area (Å²) in [6.45, 7) is 6.89. The van der Waals surface area contributed by atoms with Gasteiger partial charge in [0.15, 0.2) is 0 Å². The molecule has 2 aromatic carbocycles. The second-order valence-electron chi connectivity index (χ2n) is 8.68. The molecule has 1 atom stereocenters. The van der Waals surface area contributed by atoms with Gasteiger partial charge in [0.05, 0.1) is 12.1 Å². The first-order chi connectivity index (χ1) is 14.9. The van der Waals surface area contributed by atoms with E-state index in [-0.39, 0.29) is 29.8 Å². The third kappa shape index (κ3) is 5.68. The molecule has 2 aliphatic rings. The number of likely N-dealkylation sites (tertiary alicyclic amines) is 1. The van der Waals surface area contributed by atoms with Crippen molar-refractivity contribution < 1.29 is 14.3 Å². The van der Waals surface area contributed by atoms with E-state index >= 15 is 0 Å². The largest absolute Gasteiger partial charge is 0.360 e. The van der Waals surface area contributed by atoms with Crippen molar-refractivity contribution in [3.8, 4) is 0 Å². The quantitative estimate of drug-likeness (QED) is 0.739. The fourth-order valence-corrected chi connectivity index (χ4v) is 4.63. The molecule has 0 saturated carbocycles. The Morgan fingerprint density at radius 1 is 1.12 bits per heavy atom. The molecule has 2 heterocycles. The molecule has 0 aliphatic carbocycles. The van der Waals surface area contributed by atoms with Gasteiger partial charge in [0.25, 0.3) is 5.91 Å². The van der Waals surface area contributed by atoms with E-state index in [1.54, 1.807) is 0 Å². The van der Waals surface area contributed by atoms with Gasteiger partial charge in [-0.3, -0.25) is 9.59 Å². The summed E-state index contributed by atoms with van der Waals surface area (Å²) < 4.78 is 6.28. The number of anilines is 2. The molecule has 1 spiro atoms. The average Bonchev–Trinajstić information content (AvgIpc) is 2.76. The van der Waals surface area contributed by atoms with Crippen LogP contribution in [0.4, 0.5) is 11.4 Å². The number of hydrogen-bond donors (Lipinski definition) is 1. The number of hydrogen-bond acceptors (Lipinski definition) is 4. The van der Waals surface area contributed by atoms with Crippen LogP contribution in [0.2, 0.25) is 0 Å². The lowest BCUT2D eigenvalue weighted by Crippen LogP contribution is -2.61. The molecule has 2 aromatic rings. The average molecular weight is 458 g/mol. The second kappa shape index (κ2) is 10.5. The number of benzene rings is 2. The van der Waals surface area contributed by atoms with Crippen molar-refractivity contribution in [2.45, 2.75) is 44.8 Å². The zero-order valence-electron chi connectivity index (χ0n) is 18.8. The highest BCUT2D eigenvalue weighted by Gasteiger charge is 2.45. The highest BCUT2D eigenvalue weighted by molar-refractivity contribution is 5.97. The SMILES string of the molecule is CC(=O)Nc1cccc(CCN2CCC3(CC2)CN(c2ccccc2)C(=O)[C@H](C)O3)c1.Cl. The van der Waals surface area contributed by atoms with Gasteiger partial charge in [-0.1, -0.05) is 30.3 Å². The molecule has 2 saturated heterocycles. The van der Waals surface area contributed by atoms with E-state index in [9.17, 15) is 9.59 Å². The van der Waals surface area contributed by atoms with Crippen LogP contribution in [0.25, 0.3) is 0 Å². The molecule has 2 aliphatic heterocycles. The summed E-state index contributed by atoms with van der Waals surface area (Å²) in [4.78, 5) is 28.4. The Bertz CT molecular complexity index is 929. The zero-order chi connectivity index (χ0) is 21.8. The summed E-state index contributed by atoms with van der Waals surface area (Å²) in [5.41, 5.74) is 2.74. The topological polar surface area (TPSA) is 61.9 Å². The molecule has 0 aromatic heterocycles. The summed E-state index contributed by atoms with van der Waals surface area (Å²) in [7, 11) is 0. The van der Waals surface area contributed by atoms with Gasteiger partial charge >= 0.3 is 0 Å². The normalized spacial score (nSPS) is 20.6. The Balaban J connectivity index is 0.00000289. The molecule has 1 N–H and O–H groups in total. The van der Waals surface area contributed by atoms with Gasteiger partial charge in [0.2, 0.25) is 5.91 Å². The lowest BCUT2D eigenvalue weighted by atomic mass is 9.88. The number of nitrogens with zero attached hydrogens (tertiary/aromatic N) is 2. The highest BCUT2D eigenvalue weighted by atomic mass is 35.5. The number of piperidine rings is 1. The summed E-state index contributed by atoms with van der Waals surface area (Å²) in [6, 6.07) is 17.9. The van der Waals surface area contributed by atoms with Gasteiger partial charge in [-0.25, -0.2) is 0 Å². The smallest absolute Gasteiger partial charge is 0.255 e. The number of halogens is 1. The Labute approximate surface area is 196 Å². The second-order valence-corrected chi connectivity index (χ2v) is 8.68. The first-order valence-electron chi connectivity index (χ1n) is 11.1. The molecular formula is C25H32ClN3O3. The molecule has 172 valence electrons. The van der Waals surface area contributed by atoms with E-state index in [4.69, 9.17) is 4.74 Å². The number of rotatable bonds is 5. The number of carbonyl (C=O) groups excluding carboxylic acids is 2. The van der Waals surface area contributed by atoms with Crippen molar-refractivity contribution >= 4 is 35.6 Å². The third-order valence-corrected chi connectivity index (χ3v) is 6.29. The maximum Gasteiger partial charge on any atom is 0.255 e. The predicted octanol–water partition coefficient (Wildman–Crippen LogP) is 3.90. The minimum Gasteiger partial charge on any atom is -0.360 e. The number of nitrogens with one attached hydrogen (secondary N) is 1. The number of carbonyl (C=O) groups is 2. The lowest BCUT2D eigenvalue weighted by Gasteiger charge is -2.49. The van der Waals surface area contributed by atoms with Crippen LogP contribution in [-0.4, -0.2) is 54.6 Å². The number of para-hydroxylation sites is 1. The molecule has 2 fully saturated rings. The molecule has 0 bridgehead atoms. The van der Waals surface area contributed by atoms with E-state index in [0.717, 1.165) is 50.3 Å². The van der Waals surface area contributed by atoms with Crippen molar-refractivity contribution in [2.75, 3.05) is 36.4 Å². The highest BCUT2D eigenvalue weighted by Crippen LogP contribution is 2.35. The van der Waals surface area contributed by atoms with Crippen molar-refractivity contribution in [3.63, 3.8) is 0 Å². The summed E-state index contributed by atoms with van der Waals surface area (Å²) >= 11 is 0. The first-order valence-corrected chi connectivity index (χ1v) is 11.1. The van der Waals surface area contributed by atoms with Crippen LogP contribution in [-0.2, 0) is 20.7 Å². The van der Waals surface area contributed by atoms with Crippen molar-refractivity contribution in [3.05, 3.63) is 60.2 Å². The number of morpholine rings is 1. The maximum absolute atomic E-state index is 12.7. The number of amides is 2. The Kier molecular flexibility index (Phi) is 7.93. The van der Waals surface area contributed by atoms with Crippen LogP contribution in [0.1, 0.15) is 32.3 Å². The summed E-state index contributed by atoms with van der Waals surface area (Å²) in [5.74, 6) is -0.0125.